The monoisotopic (exact) mass is 258 g/mol. The predicted molar refractivity (Wildman–Crippen MR) is 72.1 cm³/mol. The quantitative estimate of drug-likeness (QED) is 0.900. The van der Waals surface area contributed by atoms with Gasteiger partial charge in [-0.3, -0.25) is 4.68 Å². The standard InChI is InChI=1S/C14H18N4O/c1-18-14(16-9-17-18)8-12-10-4-3-5-13(19-2)11(10)6-7-15-12/h3-5,9,12,15H,6-8H2,1-2H3. The van der Waals surface area contributed by atoms with Gasteiger partial charge in [0.2, 0.25) is 0 Å². The van der Waals surface area contributed by atoms with Crippen LogP contribution in [0, 0.1) is 0 Å². The number of benzene rings is 1. The van der Waals surface area contributed by atoms with Crippen molar-refractivity contribution in [3.63, 3.8) is 0 Å². The Morgan fingerprint density at radius 3 is 3.11 bits per heavy atom. The molecule has 1 aliphatic heterocycles. The van der Waals surface area contributed by atoms with Gasteiger partial charge in [-0.2, -0.15) is 5.10 Å². The number of ether oxygens (including phenoxy) is 1. The van der Waals surface area contributed by atoms with Crippen LogP contribution in [0.4, 0.5) is 0 Å². The van der Waals surface area contributed by atoms with Crippen LogP contribution in [0.15, 0.2) is 24.5 Å². The predicted octanol–water partition coefficient (Wildman–Crippen LogP) is 1.25. The molecular weight excluding hydrogens is 240 g/mol. The van der Waals surface area contributed by atoms with E-state index < -0.39 is 0 Å². The Balaban J connectivity index is 1.92. The maximum atomic E-state index is 5.46. The topological polar surface area (TPSA) is 52.0 Å². The Bertz CT molecular complexity index is 579. The van der Waals surface area contributed by atoms with E-state index in [2.05, 4.69) is 21.5 Å². The number of fused-ring (bicyclic) bond motifs is 1. The van der Waals surface area contributed by atoms with Crippen LogP contribution < -0.4 is 10.1 Å². The zero-order chi connectivity index (χ0) is 13.2. The van der Waals surface area contributed by atoms with Crippen LogP contribution in [-0.4, -0.2) is 28.4 Å². The van der Waals surface area contributed by atoms with E-state index in [4.69, 9.17) is 4.74 Å². The van der Waals surface area contributed by atoms with Crippen LogP contribution in [0.3, 0.4) is 0 Å². The van der Waals surface area contributed by atoms with Crippen LogP contribution in [0.2, 0.25) is 0 Å². The highest BCUT2D eigenvalue weighted by Crippen LogP contribution is 2.31. The molecule has 1 aromatic heterocycles. The first-order chi connectivity index (χ1) is 9.29. The maximum absolute atomic E-state index is 5.46. The van der Waals surface area contributed by atoms with Crippen molar-refractivity contribution in [3.05, 3.63) is 41.5 Å². The van der Waals surface area contributed by atoms with E-state index in [-0.39, 0.29) is 6.04 Å². The van der Waals surface area contributed by atoms with Crippen molar-refractivity contribution in [1.29, 1.82) is 0 Å². The molecule has 19 heavy (non-hydrogen) atoms. The molecule has 1 aromatic carbocycles. The summed E-state index contributed by atoms with van der Waals surface area (Å²) in [6.45, 7) is 0.968. The van der Waals surface area contributed by atoms with Crippen molar-refractivity contribution >= 4 is 0 Å². The summed E-state index contributed by atoms with van der Waals surface area (Å²) in [6.07, 6.45) is 3.45. The van der Waals surface area contributed by atoms with Gasteiger partial charge in [0.15, 0.2) is 0 Å². The normalized spacial score (nSPS) is 18.1. The molecule has 3 rings (SSSR count). The highest BCUT2D eigenvalue weighted by Gasteiger charge is 2.23. The van der Waals surface area contributed by atoms with E-state index in [0.717, 1.165) is 31.0 Å². The molecule has 1 atom stereocenters. The summed E-state index contributed by atoms with van der Waals surface area (Å²) >= 11 is 0. The fourth-order valence-corrected chi connectivity index (χ4v) is 2.72. The first-order valence-corrected chi connectivity index (χ1v) is 6.51. The van der Waals surface area contributed by atoms with Gasteiger partial charge >= 0.3 is 0 Å². The fourth-order valence-electron chi connectivity index (χ4n) is 2.72. The average Bonchev–Trinajstić information content (AvgIpc) is 2.84. The summed E-state index contributed by atoms with van der Waals surface area (Å²) in [6, 6.07) is 6.53. The molecule has 2 heterocycles. The molecule has 0 fully saturated rings. The number of methoxy groups -OCH3 is 1. The Hall–Kier alpha value is -1.88. The maximum Gasteiger partial charge on any atom is 0.138 e. The number of hydrogen-bond donors (Lipinski definition) is 1. The van der Waals surface area contributed by atoms with E-state index in [1.807, 2.05) is 23.9 Å². The largest absolute Gasteiger partial charge is 0.496 e. The molecule has 5 heteroatoms. The number of nitrogens with zero attached hydrogens (tertiary/aromatic N) is 3. The number of hydrogen-bond acceptors (Lipinski definition) is 4. The van der Waals surface area contributed by atoms with Crippen molar-refractivity contribution in [1.82, 2.24) is 20.1 Å². The zero-order valence-electron chi connectivity index (χ0n) is 11.3. The smallest absolute Gasteiger partial charge is 0.138 e. The molecule has 0 bridgehead atoms. The van der Waals surface area contributed by atoms with Crippen LogP contribution in [0.25, 0.3) is 0 Å². The van der Waals surface area contributed by atoms with Gasteiger partial charge in [-0.15, -0.1) is 0 Å². The highest BCUT2D eigenvalue weighted by atomic mass is 16.5. The number of nitrogens with one attached hydrogen (secondary N) is 1. The summed E-state index contributed by atoms with van der Waals surface area (Å²) in [5.74, 6) is 1.98. The molecule has 100 valence electrons. The van der Waals surface area contributed by atoms with Gasteiger partial charge in [-0.25, -0.2) is 4.98 Å². The van der Waals surface area contributed by atoms with Gasteiger partial charge in [-0.05, 0) is 24.6 Å². The molecule has 5 nitrogen and oxygen atoms in total. The summed E-state index contributed by atoms with van der Waals surface area (Å²) in [4.78, 5) is 4.31. The van der Waals surface area contributed by atoms with Crippen LogP contribution >= 0.6 is 0 Å². The minimum Gasteiger partial charge on any atom is -0.496 e. The lowest BCUT2D eigenvalue weighted by Gasteiger charge is -2.27. The van der Waals surface area contributed by atoms with Crippen LogP contribution in [0.5, 0.6) is 5.75 Å². The molecule has 1 aliphatic rings. The van der Waals surface area contributed by atoms with Crippen molar-refractivity contribution in [2.45, 2.75) is 18.9 Å². The van der Waals surface area contributed by atoms with Crippen LogP contribution in [0.1, 0.15) is 23.0 Å². The van der Waals surface area contributed by atoms with E-state index in [9.17, 15) is 0 Å². The Labute approximate surface area is 112 Å². The van der Waals surface area contributed by atoms with Gasteiger partial charge in [0.1, 0.15) is 17.9 Å². The van der Waals surface area contributed by atoms with Crippen molar-refractivity contribution < 1.29 is 4.74 Å². The lowest BCUT2D eigenvalue weighted by molar-refractivity contribution is 0.399. The Morgan fingerprint density at radius 1 is 1.47 bits per heavy atom. The van der Waals surface area contributed by atoms with E-state index in [1.165, 1.54) is 11.1 Å². The molecule has 2 aromatic rings. The number of rotatable bonds is 3. The molecule has 0 spiro atoms. The summed E-state index contributed by atoms with van der Waals surface area (Å²) in [5, 5.41) is 7.68. The van der Waals surface area contributed by atoms with Crippen molar-refractivity contribution in [2.24, 2.45) is 7.05 Å². The third kappa shape index (κ3) is 2.21. The second-order valence-corrected chi connectivity index (χ2v) is 4.79. The van der Waals surface area contributed by atoms with Gasteiger partial charge in [0.25, 0.3) is 0 Å². The molecule has 0 saturated heterocycles. The SMILES string of the molecule is COc1cccc2c1CCNC2Cc1ncnn1C. The minimum absolute atomic E-state index is 0.279. The zero-order valence-corrected chi connectivity index (χ0v) is 11.3. The molecular formula is C14H18N4O. The summed E-state index contributed by atoms with van der Waals surface area (Å²) in [7, 11) is 3.66. The third-order valence-corrected chi connectivity index (χ3v) is 3.72. The molecule has 0 radical (unpaired) electrons. The van der Waals surface area contributed by atoms with Gasteiger partial charge in [0, 0.05) is 25.1 Å². The summed E-state index contributed by atoms with van der Waals surface area (Å²) < 4.78 is 7.29. The molecule has 1 unspecified atom stereocenters. The van der Waals surface area contributed by atoms with Gasteiger partial charge in [0.05, 0.1) is 7.11 Å². The lowest BCUT2D eigenvalue weighted by Crippen LogP contribution is -2.32. The lowest BCUT2D eigenvalue weighted by atomic mass is 9.91. The number of aryl methyl sites for hydroxylation is 1. The molecule has 0 saturated carbocycles. The van der Waals surface area contributed by atoms with E-state index in [0.29, 0.717) is 0 Å². The van der Waals surface area contributed by atoms with Gasteiger partial charge in [-0.1, -0.05) is 12.1 Å². The summed E-state index contributed by atoms with van der Waals surface area (Å²) in [5.41, 5.74) is 2.63. The minimum atomic E-state index is 0.279. The fraction of sp³-hybridized carbons (Fsp3) is 0.429. The first kappa shape index (κ1) is 12.2. The highest BCUT2D eigenvalue weighted by molar-refractivity contribution is 5.43. The van der Waals surface area contributed by atoms with Crippen molar-refractivity contribution in [3.8, 4) is 5.75 Å². The molecule has 0 aliphatic carbocycles. The van der Waals surface area contributed by atoms with Crippen LogP contribution in [-0.2, 0) is 19.9 Å². The Kier molecular flexibility index (Phi) is 3.21. The van der Waals surface area contributed by atoms with E-state index in [1.54, 1.807) is 13.4 Å². The van der Waals surface area contributed by atoms with Gasteiger partial charge < -0.3 is 10.1 Å². The second-order valence-electron chi connectivity index (χ2n) is 4.79. The average molecular weight is 258 g/mol. The second kappa shape index (κ2) is 5.01. The Morgan fingerprint density at radius 2 is 2.37 bits per heavy atom. The first-order valence-electron chi connectivity index (χ1n) is 6.51. The van der Waals surface area contributed by atoms with E-state index >= 15 is 0 Å². The number of aromatic nitrogens is 3. The third-order valence-electron chi connectivity index (χ3n) is 3.72. The molecule has 1 N–H and O–H groups in total. The van der Waals surface area contributed by atoms with Crippen molar-refractivity contribution in [2.75, 3.05) is 13.7 Å². The molecule has 0 amide bonds.